The molecule has 0 aliphatic heterocycles. The minimum Gasteiger partial charge on any atom is -0.282 e. The molecule has 1 rings (SSSR count). The average molecular weight is 219 g/mol. The van der Waals surface area contributed by atoms with Crippen molar-refractivity contribution in [3.05, 3.63) is 29.3 Å². The molecular formula is C6H7ClMgO3S. The molecular weight excluding hydrogens is 212 g/mol. The van der Waals surface area contributed by atoms with Gasteiger partial charge in [-0.2, -0.15) is 8.42 Å². The van der Waals surface area contributed by atoms with Crippen LogP contribution in [-0.4, -0.2) is 36.0 Å². The van der Waals surface area contributed by atoms with Crippen LogP contribution >= 0.6 is 11.6 Å². The van der Waals surface area contributed by atoms with Gasteiger partial charge in [-0.05, 0) is 18.2 Å². The van der Waals surface area contributed by atoms with Crippen LogP contribution in [0.5, 0.6) is 0 Å². The molecule has 0 unspecified atom stereocenters. The molecule has 12 heavy (non-hydrogen) atoms. The lowest BCUT2D eigenvalue weighted by atomic mass is 10.4. The van der Waals surface area contributed by atoms with Gasteiger partial charge < -0.3 is 0 Å². The Morgan fingerprint density at radius 2 is 1.92 bits per heavy atom. The molecule has 3 nitrogen and oxygen atoms in total. The predicted molar refractivity (Wildman–Crippen MR) is 49.8 cm³/mol. The number of hydrogen-bond donors (Lipinski definition) is 1. The van der Waals surface area contributed by atoms with Gasteiger partial charge >= 0.3 is 23.1 Å². The standard InChI is InChI=1S/C6H5ClO3S.Mg.2H/c7-5-2-1-3-6(4-5)11(8,9)10;;;/h1-4H,(H,8,9,10);;;. The van der Waals surface area contributed by atoms with Crippen LogP contribution < -0.4 is 0 Å². The Morgan fingerprint density at radius 1 is 1.33 bits per heavy atom. The van der Waals surface area contributed by atoms with E-state index >= 15 is 0 Å². The van der Waals surface area contributed by atoms with Gasteiger partial charge in [0.05, 0.1) is 4.90 Å². The normalized spacial score (nSPS) is 10.5. The predicted octanol–water partition coefficient (Wildman–Crippen LogP) is 0.671. The maximum Gasteiger partial charge on any atom is 0.316 e. The fourth-order valence-corrected chi connectivity index (χ4v) is 1.41. The van der Waals surface area contributed by atoms with Crippen molar-refractivity contribution in [2.45, 2.75) is 4.90 Å². The lowest BCUT2D eigenvalue weighted by molar-refractivity contribution is 0.483. The maximum atomic E-state index is 10.5. The summed E-state index contributed by atoms with van der Waals surface area (Å²) in [4.78, 5) is -0.190. The van der Waals surface area contributed by atoms with Crippen LogP contribution in [0.3, 0.4) is 0 Å². The summed E-state index contributed by atoms with van der Waals surface area (Å²) in [5, 5.41) is 0.278. The van der Waals surface area contributed by atoms with Crippen LogP contribution in [0.1, 0.15) is 0 Å². The van der Waals surface area contributed by atoms with Crippen LogP contribution in [-0.2, 0) is 10.1 Å². The van der Waals surface area contributed by atoms with Gasteiger partial charge in [-0.15, -0.1) is 0 Å². The van der Waals surface area contributed by atoms with Crippen LogP contribution in [0.4, 0.5) is 0 Å². The van der Waals surface area contributed by atoms with E-state index in [0.717, 1.165) is 0 Å². The summed E-state index contributed by atoms with van der Waals surface area (Å²) < 4.78 is 29.5. The molecule has 0 heterocycles. The summed E-state index contributed by atoms with van der Waals surface area (Å²) in [5.74, 6) is 0. The molecule has 0 bridgehead atoms. The topological polar surface area (TPSA) is 54.4 Å². The van der Waals surface area contributed by atoms with Crippen LogP contribution in [0.15, 0.2) is 29.2 Å². The van der Waals surface area contributed by atoms with E-state index in [4.69, 9.17) is 16.2 Å². The second-order valence-corrected chi connectivity index (χ2v) is 3.79. The molecule has 64 valence electrons. The van der Waals surface area contributed by atoms with Crippen molar-refractivity contribution in [3.63, 3.8) is 0 Å². The Morgan fingerprint density at radius 3 is 2.25 bits per heavy atom. The first-order chi connectivity index (χ1) is 5.00. The molecule has 0 aliphatic rings. The summed E-state index contributed by atoms with van der Waals surface area (Å²) in [7, 11) is -4.11. The second-order valence-electron chi connectivity index (χ2n) is 1.93. The summed E-state index contributed by atoms with van der Waals surface area (Å²) in [6.45, 7) is 0. The smallest absolute Gasteiger partial charge is 0.282 e. The minimum absolute atomic E-state index is 0. The molecule has 0 fully saturated rings. The van der Waals surface area contributed by atoms with Gasteiger partial charge in [-0.3, -0.25) is 4.55 Å². The van der Waals surface area contributed by atoms with E-state index in [1.807, 2.05) is 0 Å². The molecule has 0 aromatic heterocycles. The van der Waals surface area contributed by atoms with Gasteiger partial charge in [0.1, 0.15) is 0 Å². The monoisotopic (exact) mass is 218 g/mol. The van der Waals surface area contributed by atoms with Crippen molar-refractivity contribution in [1.29, 1.82) is 0 Å². The Labute approximate surface area is 91.6 Å². The third-order valence-corrected chi connectivity index (χ3v) is 2.18. The SMILES string of the molecule is O=S(=O)(O)c1cccc(Cl)c1.[MgH2]. The van der Waals surface area contributed by atoms with E-state index < -0.39 is 10.1 Å². The van der Waals surface area contributed by atoms with E-state index in [1.54, 1.807) is 0 Å². The average Bonchev–Trinajstić information content (AvgIpc) is 1.86. The Bertz CT molecular complexity index is 363. The van der Waals surface area contributed by atoms with Crippen LogP contribution in [0, 0.1) is 0 Å². The minimum atomic E-state index is -4.11. The zero-order chi connectivity index (χ0) is 8.48. The van der Waals surface area contributed by atoms with Crippen LogP contribution in [0.2, 0.25) is 5.02 Å². The summed E-state index contributed by atoms with van der Waals surface area (Å²) >= 11 is 5.48. The zero-order valence-electron chi connectivity index (χ0n) is 5.36. The number of hydrogen-bond acceptors (Lipinski definition) is 2. The fourth-order valence-electron chi connectivity index (χ4n) is 0.627. The first kappa shape index (κ1) is 12.2. The van der Waals surface area contributed by atoms with E-state index in [9.17, 15) is 8.42 Å². The Balaban J connectivity index is 0.00000121. The van der Waals surface area contributed by atoms with E-state index in [0.29, 0.717) is 0 Å². The molecule has 0 amide bonds. The van der Waals surface area contributed by atoms with Crippen molar-refractivity contribution in [2.75, 3.05) is 0 Å². The number of halogens is 1. The van der Waals surface area contributed by atoms with Crippen molar-refractivity contribution in [3.8, 4) is 0 Å². The highest BCUT2D eigenvalue weighted by Gasteiger charge is 2.07. The van der Waals surface area contributed by atoms with Crippen molar-refractivity contribution >= 4 is 44.8 Å². The molecule has 0 spiro atoms. The number of benzene rings is 1. The lowest BCUT2D eigenvalue weighted by Crippen LogP contribution is -1.96. The molecule has 1 aromatic carbocycles. The molecule has 0 aliphatic carbocycles. The van der Waals surface area contributed by atoms with Gasteiger partial charge in [0, 0.05) is 5.02 Å². The Kier molecular flexibility index (Phi) is 4.50. The summed E-state index contributed by atoms with van der Waals surface area (Å²) in [6, 6.07) is 5.42. The number of rotatable bonds is 1. The van der Waals surface area contributed by atoms with Gasteiger partial charge in [0.2, 0.25) is 0 Å². The van der Waals surface area contributed by atoms with Crippen LogP contribution in [0.25, 0.3) is 0 Å². The van der Waals surface area contributed by atoms with E-state index in [1.165, 1.54) is 24.3 Å². The maximum absolute atomic E-state index is 10.5. The van der Waals surface area contributed by atoms with Crippen molar-refractivity contribution in [1.82, 2.24) is 0 Å². The summed E-state index contributed by atoms with van der Waals surface area (Å²) in [6.07, 6.45) is 0. The Hall–Kier alpha value is 0.186. The zero-order valence-corrected chi connectivity index (χ0v) is 6.93. The quantitative estimate of drug-likeness (QED) is 0.557. The van der Waals surface area contributed by atoms with E-state index in [2.05, 4.69) is 0 Å². The molecule has 0 saturated heterocycles. The van der Waals surface area contributed by atoms with Gasteiger partial charge in [0.25, 0.3) is 10.1 Å². The van der Waals surface area contributed by atoms with Crippen molar-refractivity contribution < 1.29 is 13.0 Å². The molecule has 0 radical (unpaired) electrons. The highest BCUT2D eigenvalue weighted by Crippen LogP contribution is 2.14. The molecule has 0 saturated carbocycles. The fraction of sp³-hybridized carbons (Fsp3) is 0. The molecule has 6 heteroatoms. The first-order valence-electron chi connectivity index (χ1n) is 2.73. The van der Waals surface area contributed by atoms with E-state index in [-0.39, 0.29) is 33.0 Å². The first-order valence-corrected chi connectivity index (χ1v) is 4.55. The van der Waals surface area contributed by atoms with Gasteiger partial charge in [0.15, 0.2) is 0 Å². The molecule has 0 atom stereocenters. The second kappa shape index (κ2) is 4.43. The highest BCUT2D eigenvalue weighted by molar-refractivity contribution is 7.85. The third kappa shape index (κ3) is 3.28. The largest absolute Gasteiger partial charge is 0.316 e. The lowest BCUT2D eigenvalue weighted by Gasteiger charge is -1.95. The molecule has 1 N–H and O–H groups in total. The summed E-state index contributed by atoms with van der Waals surface area (Å²) in [5.41, 5.74) is 0. The van der Waals surface area contributed by atoms with Gasteiger partial charge in [-0.1, -0.05) is 17.7 Å². The molecule has 1 aromatic rings. The third-order valence-electron chi connectivity index (χ3n) is 1.09. The van der Waals surface area contributed by atoms with Gasteiger partial charge in [-0.25, -0.2) is 0 Å². The van der Waals surface area contributed by atoms with Crippen molar-refractivity contribution in [2.24, 2.45) is 0 Å². The highest BCUT2D eigenvalue weighted by atomic mass is 35.5.